The average Bonchev–Trinajstić information content (AvgIpc) is 2.55. The van der Waals surface area contributed by atoms with Crippen molar-refractivity contribution in [3.8, 4) is 0 Å². The fourth-order valence-electron chi connectivity index (χ4n) is 2.46. The van der Waals surface area contributed by atoms with Crippen molar-refractivity contribution >= 4 is 23.8 Å². The van der Waals surface area contributed by atoms with Crippen LogP contribution in [0.25, 0.3) is 0 Å². The Kier molecular flexibility index (Phi) is 9.16. The molecule has 0 aliphatic rings. The molecule has 0 radical (unpaired) electrons. The van der Waals surface area contributed by atoms with Crippen LogP contribution in [0.15, 0.2) is 58.5 Å². The van der Waals surface area contributed by atoms with E-state index in [0.717, 1.165) is 24.2 Å². The predicted octanol–water partition coefficient (Wildman–Crippen LogP) is 5.69. The molecular formula is C20H24N2Ni. The van der Waals surface area contributed by atoms with Gasteiger partial charge in [-0.3, -0.25) is 9.98 Å². The van der Waals surface area contributed by atoms with E-state index >= 15 is 0 Å². The van der Waals surface area contributed by atoms with Crippen molar-refractivity contribution in [2.24, 2.45) is 9.98 Å². The Bertz CT molecular complexity index is 633. The quantitative estimate of drug-likeness (QED) is 0.452. The molecule has 2 nitrogen and oxygen atoms in total. The van der Waals surface area contributed by atoms with Crippen molar-refractivity contribution in [1.82, 2.24) is 0 Å². The molecule has 0 aromatic heterocycles. The van der Waals surface area contributed by atoms with E-state index in [9.17, 15) is 0 Å². The number of aliphatic imine (C=N–C) groups is 2. The molecule has 0 heterocycles. The van der Waals surface area contributed by atoms with Gasteiger partial charge < -0.3 is 0 Å². The zero-order chi connectivity index (χ0) is 15.6. The number of rotatable bonds is 7. The summed E-state index contributed by atoms with van der Waals surface area (Å²) in [6.07, 6.45) is 8.13. The summed E-state index contributed by atoms with van der Waals surface area (Å²) in [5, 5.41) is 0. The van der Waals surface area contributed by atoms with E-state index in [4.69, 9.17) is 0 Å². The van der Waals surface area contributed by atoms with Gasteiger partial charge >= 0.3 is 0 Å². The van der Waals surface area contributed by atoms with E-state index in [1.54, 1.807) is 12.4 Å². The molecule has 0 unspecified atom stereocenters. The number of para-hydroxylation sites is 1. The first-order valence-electron chi connectivity index (χ1n) is 8.07. The zero-order valence-corrected chi connectivity index (χ0v) is 14.8. The van der Waals surface area contributed by atoms with Crippen LogP contribution < -0.4 is 0 Å². The Morgan fingerprint density at radius 3 is 2.00 bits per heavy atom. The number of hydrogen-bond acceptors (Lipinski definition) is 2. The molecule has 0 fully saturated rings. The number of benzene rings is 2. The molecule has 0 atom stereocenters. The molecule has 3 heteroatoms. The molecular weight excluding hydrogens is 327 g/mol. The van der Waals surface area contributed by atoms with Crippen molar-refractivity contribution in [2.75, 3.05) is 0 Å². The van der Waals surface area contributed by atoms with Gasteiger partial charge in [0.15, 0.2) is 0 Å². The molecule has 0 saturated carbocycles. The monoisotopic (exact) mass is 350 g/mol. The second-order valence-corrected chi connectivity index (χ2v) is 5.34. The molecule has 0 amide bonds. The Morgan fingerprint density at radius 1 is 0.739 bits per heavy atom. The van der Waals surface area contributed by atoms with E-state index in [-0.39, 0.29) is 16.5 Å². The van der Waals surface area contributed by atoms with Gasteiger partial charge in [-0.25, -0.2) is 0 Å². The summed E-state index contributed by atoms with van der Waals surface area (Å²) in [4.78, 5) is 8.84. The van der Waals surface area contributed by atoms with Crippen molar-refractivity contribution in [3.63, 3.8) is 0 Å². The average molecular weight is 351 g/mol. The van der Waals surface area contributed by atoms with Gasteiger partial charge in [0.2, 0.25) is 0 Å². The largest absolute Gasteiger partial charge is 0.255 e. The Hall–Kier alpha value is -1.73. The van der Waals surface area contributed by atoms with Crippen LogP contribution in [0, 0.1) is 0 Å². The maximum atomic E-state index is 4.49. The number of aryl methyl sites for hydroxylation is 2. The van der Waals surface area contributed by atoms with Crippen LogP contribution in [0.1, 0.15) is 37.8 Å². The van der Waals surface area contributed by atoms with Crippen LogP contribution in [0.3, 0.4) is 0 Å². The maximum Gasteiger partial charge on any atom is 0.0633 e. The first-order valence-corrected chi connectivity index (χ1v) is 8.07. The molecule has 0 N–H and O–H groups in total. The predicted molar refractivity (Wildman–Crippen MR) is 97.2 cm³/mol. The fourth-order valence-corrected chi connectivity index (χ4v) is 2.46. The summed E-state index contributed by atoms with van der Waals surface area (Å²) in [6, 6.07) is 16.4. The third kappa shape index (κ3) is 6.50. The van der Waals surface area contributed by atoms with Gasteiger partial charge in [0.1, 0.15) is 0 Å². The van der Waals surface area contributed by atoms with E-state index in [1.165, 1.54) is 24.0 Å². The van der Waals surface area contributed by atoms with Gasteiger partial charge in [0.05, 0.1) is 11.4 Å². The molecule has 124 valence electrons. The summed E-state index contributed by atoms with van der Waals surface area (Å²) in [6.45, 7) is 4.44. The minimum Gasteiger partial charge on any atom is -0.255 e. The summed E-state index contributed by atoms with van der Waals surface area (Å²) in [5.41, 5.74) is 4.84. The van der Waals surface area contributed by atoms with Gasteiger partial charge in [-0.05, 0) is 48.2 Å². The standard InChI is InChI=1S/C20H24N2.Ni/c1-3-8-17-12-13-20(16-18(17)9-4-2)22-15-14-21-19-10-6-5-7-11-19;/h5-7,10-16H,3-4,8-9H2,1-2H3;. The van der Waals surface area contributed by atoms with E-state index in [1.807, 2.05) is 30.3 Å². The molecule has 23 heavy (non-hydrogen) atoms. The van der Waals surface area contributed by atoms with Crippen LogP contribution in [0.2, 0.25) is 0 Å². The van der Waals surface area contributed by atoms with Crippen LogP contribution in [0.4, 0.5) is 11.4 Å². The summed E-state index contributed by atoms with van der Waals surface area (Å²) in [5.74, 6) is 0. The smallest absolute Gasteiger partial charge is 0.0633 e. The molecule has 2 rings (SSSR count). The molecule has 2 aromatic carbocycles. The molecule has 0 bridgehead atoms. The normalized spacial score (nSPS) is 11.0. The third-order valence-electron chi connectivity index (χ3n) is 3.50. The minimum absolute atomic E-state index is 0. The van der Waals surface area contributed by atoms with Crippen molar-refractivity contribution in [1.29, 1.82) is 0 Å². The van der Waals surface area contributed by atoms with Crippen LogP contribution in [-0.4, -0.2) is 12.4 Å². The van der Waals surface area contributed by atoms with Crippen LogP contribution in [-0.2, 0) is 29.3 Å². The second-order valence-electron chi connectivity index (χ2n) is 5.34. The second kappa shape index (κ2) is 10.9. The van der Waals surface area contributed by atoms with Gasteiger partial charge in [0.25, 0.3) is 0 Å². The molecule has 2 aromatic rings. The SMILES string of the molecule is CCCc1ccc(N=CC=Nc2ccccc2)cc1CCC.[Ni]. The summed E-state index contributed by atoms with van der Waals surface area (Å²) < 4.78 is 0. The Morgan fingerprint density at radius 2 is 1.35 bits per heavy atom. The van der Waals surface area contributed by atoms with Crippen molar-refractivity contribution in [2.45, 2.75) is 39.5 Å². The van der Waals surface area contributed by atoms with E-state index in [2.05, 4.69) is 42.0 Å². The first kappa shape index (κ1) is 19.3. The molecule has 0 saturated heterocycles. The maximum absolute atomic E-state index is 4.49. The Labute approximate surface area is 149 Å². The van der Waals surface area contributed by atoms with Gasteiger partial charge in [-0.15, -0.1) is 0 Å². The number of nitrogens with zero attached hydrogens (tertiary/aromatic N) is 2. The fraction of sp³-hybridized carbons (Fsp3) is 0.300. The van der Waals surface area contributed by atoms with E-state index in [0.29, 0.717) is 0 Å². The summed E-state index contributed by atoms with van der Waals surface area (Å²) in [7, 11) is 0. The van der Waals surface area contributed by atoms with E-state index < -0.39 is 0 Å². The van der Waals surface area contributed by atoms with Crippen LogP contribution in [0.5, 0.6) is 0 Å². The van der Waals surface area contributed by atoms with Crippen LogP contribution >= 0.6 is 0 Å². The van der Waals surface area contributed by atoms with Gasteiger partial charge in [-0.1, -0.05) is 51.0 Å². The summed E-state index contributed by atoms with van der Waals surface area (Å²) >= 11 is 0. The zero-order valence-electron chi connectivity index (χ0n) is 13.8. The molecule has 0 aliphatic heterocycles. The molecule has 0 spiro atoms. The van der Waals surface area contributed by atoms with Crippen molar-refractivity contribution in [3.05, 3.63) is 59.7 Å². The third-order valence-corrected chi connectivity index (χ3v) is 3.50. The number of hydrogen-bond donors (Lipinski definition) is 0. The first-order chi connectivity index (χ1) is 10.8. The van der Waals surface area contributed by atoms with Gasteiger partial charge in [-0.2, -0.15) is 0 Å². The van der Waals surface area contributed by atoms with Crippen molar-refractivity contribution < 1.29 is 16.5 Å². The minimum atomic E-state index is 0. The Balaban J connectivity index is 0.00000264. The topological polar surface area (TPSA) is 24.7 Å². The molecule has 0 aliphatic carbocycles. The van der Waals surface area contributed by atoms with Gasteiger partial charge in [0, 0.05) is 28.9 Å².